The molecule has 1 heteroatoms. The van der Waals surface area contributed by atoms with Crippen LogP contribution in [0.2, 0.25) is 0 Å². The standard InChI is InChI=1S/C18H36N/c1-8-14-19(15-9-2)16-13-18(6,7)12-11-17(4,5)10-3/h8,14-15H,9-13,16H2,1-7H3/q+1/b14-8-,19-15?. The topological polar surface area (TPSA) is 3.01 Å². The van der Waals surface area contributed by atoms with E-state index in [2.05, 4.69) is 71.5 Å². The Hall–Kier alpha value is -0.590. The largest absolute Gasteiger partial charge is 0.209 e. The molecule has 0 atom stereocenters. The molecule has 0 aromatic heterocycles. The zero-order valence-electron chi connectivity index (χ0n) is 14.4. The average molecular weight is 266 g/mol. The number of hydrogen-bond acceptors (Lipinski definition) is 0. The van der Waals surface area contributed by atoms with E-state index >= 15 is 0 Å². The lowest BCUT2D eigenvalue weighted by Gasteiger charge is -2.29. The fraction of sp³-hybridized carbons (Fsp3) is 0.833. The predicted octanol–water partition coefficient (Wildman–Crippen LogP) is 5.65. The van der Waals surface area contributed by atoms with Crippen molar-refractivity contribution in [3.8, 4) is 0 Å². The molecule has 0 bridgehead atoms. The summed E-state index contributed by atoms with van der Waals surface area (Å²) in [6, 6.07) is 0. The van der Waals surface area contributed by atoms with Crippen molar-refractivity contribution in [3.63, 3.8) is 0 Å². The lowest BCUT2D eigenvalue weighted by atomic mass is 9.76. The Morgan fingerprint density at radius 1 is 0.895 bits per heavy atom. The zero-order valence-corrected chi connectivity index (χ0v) is 14.4. The molecule has 0 N–H and O–H groups in total. The van der Waals surface area contributed by atoms with E-state index in [0.717, 1.165) is 13.0 Å². The maximum absolute atomic E-state index is 2.42. The van der Waals surface area contributed by atoms with Gasteiger partial charge in [0, 0.05) is 12.8 Å². The van der Waals surface area contributed by atoms with Crippen molar-refractivity contribution >= 4 is 6.21 Å². The fourth-order valence-corrected chi connectivity index (χ4v) is 2.06. The molecule has 0 aromatic carbocycles. The van der Waals surface area contributed by atoms with Gasteiger partial charge in [0.05, 0.1) is 0 Å². The minimum absolute atomic E-state index is 0.438. The molecular formula is C18H36N+. The van der Waals surface area contributed by atoms with Crippen LogP contribution in [0.25, 0.3) is 0 Å². The first-order chi connectivity index (χ1) is 8.76. The summed E-state index contributed by atoms with van der Waals surface area (Å²) >= 11 is 0. The summed E-state index contributed by atoms with van der Waals surface area (Å²) in [6.45, 7) is 17.3. The van der Waals surface area contributed by atoms with Crippen LogP contribution in [0.5, 0.6) is 0 Å². The number of hydrogen-bond donors (Lipinski definition) is 0. The van der Waals surface area contributed by atoms with Gasteiger partial charge in [0.1, 0.15) is 12.8 Å². The molecule has 0 heterocycles. The monoisotopic (exact) mass is 266 g/mol. The predicted molar refractivity (Wildman–Crippen MR) is 88.0 cm³/mol. The summed E-state index contributed by atoms with van der Waals surface area (Å²) in [4.78, 5) is 0. The third-order valence-corrected chi connectivity index (χ3v) is 4.24. The molecular weight excluding hydrogens is 230 g/mol. The summed E-state index contributed by atoms with van der Waals surface area (Å²) in [7, 11) is 0. The van der Waals surface area contributed by atoms with Gasteiger partial charge in [0.15, 0.2) is 6.20 Å². The maximum Gasteiger partial charge on any atom is 0.164 e. The lowest BCUT2D eigenvalue weighted by molar-refractivity contribution is -0.456. The van der Waals surface area contributed by atoms with E-state index in [0.29, 0.717) is 10.8 Å². The van der Waals surface area contributed by atoms with Gasteiger partial charge < -0.3 is 0 Å². The molecule has 0 fully saturated rings. The summed E-state index contributed by atoms with van der Waals surface area (Å²) in [6.07, 6.45) is 12.9. The van der Waals surface area contributed by atoms with Crippen molar-refractivity contribution < 1.29 is 4.58 Å². The second-order valence-electron chi connectivity index (χ2n) is 7.24. The third kappa shape index (κ3) is 9.02. The van der Waals surface area contributed by atoms with Crippen LogP contribution in [0.3, 0.4) is 0 Å². The summed E-state index contributed by atoms with van der Waals surface area (Å²) in [5.41, 5.74) is 0.934. The van der Waals surface area contributed by atoms with Crippen LogP contribution in [0.15, 0.2) is 12.3 Å². The van der Waals surface area contributed by atoms with Gasteiger partial charge in [-0.3, -0.25) is 0 Å². The molecule has 0 radical (unpaired) electrons. The van der Waals surface area contributed by atoms with E-state index in [1.807, 2.05) is 0 Å². The molecule has 0 aliphatic carbocycles. The zero-order chi connectivity index (χ0) is 14.9. The smallest absolute Gasteiger partial charge is 0.164 e. The molecule has 0 aliphatic heterocycles. The molecule has 112 valence electrons. The van der Waals surface area contributed by atoms with Gasteiger partial charge >= 0.3 is 0 Å². The van der Waals surface area contributed by atoms with Gasteiger partial charge in [-0.05, 0) is 36.7 Å². The molecule has 0 saturated heterocycles. The van der Waals surface area contributed by atoms with Gasteiger partial charge in [-0.1, -0.05) is 48.0 Å². The number of nitrogens with zero attached hydrogens (tertiary/aromatic N) is 1. The normalized spacial score (nSPS) is 14.4. The quantitative estimate of drug-likeness (QED) is 0.375. The Kier molecular flexibility index (Phi) is 8.29. The lowest BCUT2D eigenvalue weighted by Crippen LogP contribution is -2.21. The Morgan fingerprint density at radius 3 is 1.95 bits per heavy atom. The third-order valence-electron chi connectivity index (χ3n) is 4.24. The van der Waals surface area contributed by atoms with Gasteiger partial charge in [-0.15, -0.1) is 0 Å². The maximum atomic E-state index is 2.42. The van der Waals surface area contributed by atoms with Crippen LogP contribution in [0.1, 0.15) is 80.6 Å². The highest BCUT2D eigenvalue weighted by Crippen LogP contribution is 2.34. The van der Waals surface area contributed by atoms with Crippen LogP contribution >= 0.6 is 0 Å². The molecule has 0 aliphatic rings. The molecule has 0 unspecified atom stereocenters. The highest BCUT2D eigenvalue weighted by atomic mass is 15.0. The van der Waals surface area contributed by atoms with E-state index in [1.54, 1.807) is 0 Å². The van der Waals surface area contributed by atoms with Crippen molar-refractivity contribution in [1.82, 2.24) is 0 Å². The van der Waals surface area contributed by atoms with E-state index in [-0.39, 0.29) is 0 Å². The van der Waals surface area contributed by atoms with E-state index in [9.17, 15) is 0 Å². The van der Waals surface area contributed by atoms with Crippen molar-refractivity contribution in [1.29, 1.82) is 0 Å². The molecule has 19 heavy (non-hydrogen) atoms. The Balaban J connectivity index is 4.33. The van der Waals surface area contributed by atoms with Gasteiger partial charge in [-0.25, -0.2) is 4.58 Å². The van der Waals surface area contributed by atoms with E-state index in [1.165, 1.54) is 25.7 Å². The second-order valence-corrected chi connectivity index (χ2v) is 7.24. The molecule has 1 nitrogen and oxygen atoms in total. The highest BCUT2D eigenvalue weighted by Gasteiger charge is 2.24. The van der Waals surface area contributed by atoms with Crippen molar-refractivity contribution in [2.45, 2.75) is 80.6 Å². The first-order valence-corrected chi connectivity index (χ1v) is 7.98. The molecule has 0 saturated carbocycles. The SMILES string of the molecule is C/C=C\[N+](=CCC)CCC(C)(C)CCC(C)(C)CC. The molecule has 0 amide bonds. The summed E-state index contributed by atoms with van der Waals surface area (Å²) < 4.78 is 2.34. The highest BCUT2D eigenvalue weighted by molar-refractivity contribution is 5.50. The van der Waals surface area contributed by atoms with E-state index in [4.69, 9.17) is 0 Å². The minimum Gasteiger partial charge on any atom is -0.209 e. The Morgan fingerprint density at radius 2 is 1.47 bits per heavy atom. The van der Waals surface area contributed by atoms with Crippen molar-refractivity contribution in [3.05, 3.63) is 12.3 Å². The second kappa shape index (κ2) is 8.55. The Labute approximate surface area is 121 Å². The van der Waals surface area contributed by atoms with Crippen LogP contribution in [0, 0.1) is 10.8 Å². The van der Waals surface area contributed by atoms with Crippen LogP contribution in [-0.2, 0) is 0 Å². The first kappa shape index (κ1) is 18.4. The number of rotatable bonds is 9. The van der Waals surface area contributed by atoms with Crippen LogP contribution in [0.4, 0.5) is 0 Å². The van der Waals surface area contributed by atoms with Crippen LogP contribution in [-0.4, -0.2) is 17.3 Å². The minimum atomic E-state index is 0.438. The summed E-state index contributed by atoms with van der Waals surface area (Å²) in [5.74, 6) is 0. The number of allylic oxidation sites excluding steroid dienone is 1. The molecule has 0 spiro atoms. The Bertz CT molecular complexity index is 295. The average Bonchev–Trinajstić information content (AvgIpc) is 2.35. The van der Waals surface area contributed by atoms with Crippen LogP contribution < -0.4 is 0 Å². The van der Waals surface area contributed by atoms with E-state index < -0.39 is 0 Å². The molecule has 0 aromatic rings. The van der Waals surface area contributed by atoms with Gasteiger partial charge in [0.25, 0.3) is 0 Å². The van der Waals surface area contributed by atoms with Crippen molar-refractivity contribution in [2.24, 2.45) is 10.8 Å². The fourth-order valence-electron chi connectivity index (χ4n) is 2.06. The first-order valence-electron chi connectivity index (χ1n) is 7.98. The van der Waals surface area contributed by atoms with Crippen molar-refractivity contribution in [2.75, 3.05) is 6.54 Å². The summed E-state index contributed by atoms with van der Waals surface area (Å²) in [5, 5.41) is 0. The molecule has 0 rings (SSSR count). The van der Waals surface area contributed by atoms with Gasteiger partial charge in [-0.2, -0.15) is 0 Å². The van der Waals surface area contributed by atoms with Gasteiger partial charge in [0.2, 0.25) is 0 Å².